The highest BCUT2D eigenvalue weighted by Crippen LogP contribution is 2.39. The Balaban J connectivity index is 1.81. The molecule has 1 saturated heterocycles. The molecule has 1 aliphatic rings. The fourth-order valence-electron chi connectivity index (χ4n) is 3.58. The first-order chi connectivity index (χ1) is 12.8. The summed E-state index contributed by atoms with van der Waals surface area (Å²) in [6, 6.07) is 14.4. The van der Waals surface area contributed by atoms with Gasteiger partial charge >= 0.3 is 0 Å². The summed E-state index contributed by atoms with van der Waals surface area (Å²) >= 11 is 5.66. The Morgan fingerprint density at radius 3 is 2.77 bits per heavy atom. The van der Waals surface area contributed by atoms with Gasteiger partial charge in [0.25, 0.3) is 0 Å². The van der Waals surface area contributed by atoms with Gasteiger partial charge in [-0.25, -0.2) is 0 Å². The van der Waals surface area contributed by atoms with Crippen LogP contribution in [0.4, 0.5) is 0 Å². The molecule has 0 amide bonds. The topological polar surface area (TPSA) is 46.0 Å². The van der Waals surface area contributed by atoms with E-state index in [0.717, 1.165) is 29.5 Å². The van der Waals surface area contributed by atoms with Crippen molar-refractivity contribution in [2.75, 3.05) is 6.54 Å². The molecule has 0 aromatic carbocycles. The van der Waals surface area contributed by atoms with Crippen molar-refractivity contribution in [3.8, 4) is 5.69 Å². The fraction of sp³-hybridized carbons (Fsp3) is 0.250. The SMILES string of the molecule is CCCN1C(=S)N[C@@H](c2ccccn2)[C@H]1c1cccn1-c1cccnc1. The Bertz CT molecular complexity index is 877. The number of rotatable bonds is 5. The lowest BCUT2D eigenvalue weighted by Crippen LogP contribution is -2.31. The lowest BCUT2D eigenvalue weighted by atomic mass is 10.0. The molecule has 26 heavy (non-hydrogen) atoms. The number of hydrogen-bond acceptors (Lipinski definition) is 3. The van der Waals surface area contributed by atoms with E-state index in [-0.39, 0.29) is 12.1 Å². The van der Waals surface area contributed by atoms with E-state index >= 15 is 0 Å². The molecule has 4 rings (SSSR count). The summed E-state index contributed by atoms with van der Waals surface area (Å²) in [5.41, 5.74) is 3.22. The standard InChI is InChI=1S/C20H21N5S/c1-2-12-25-19(18(23-20(25)26)16-8-3-4-11-22-16)17-9-6-13-24(17)15-7-5-10-21-14-15/h3-11,13-14,18-19H,2,12H2,1H3,(H,23,26)/t18-,19+/m0/s1. The molecule has 1 aliphatic heterocycles. The predicted octanol–water partition coefficient (Wildman–Crippen LogP) is 3.65. The van der Waals surface area contributed by atoms with Gasteiger partial charge in [-0.2, -0.15) is 0 Å². The Labute approximate surface area is 158 Å². The van der Waals surface area contributed by atoms with Crippen LogP contribution >= 0.6 is 12.2 Å². The van der Waals surface area contributed by atoms with Crippen molar-refractivity contribution in [1.29, 1.82) is 0 Å². The van der Waals surface area contributed by atoms with Gasteiger partial charge in [0.05, 0.1) is 29.7 Å². The van der Waals surface area contributed by atoms with Crippen LogP contribution in [0.2, 0.25) is 0 Å². The Morgan fingerprint density at radius 2 is 2.04 bits per heavy atom. The van der Waals surface area contributed by atoms with E-state index in [2.05, 4.69) is 62.1 Å². The second-order valence-electron chi connectivity index (χ2n) is 6.33. The van der Waals surface area contributed by atoms with Crippen molar-refractivity contribution in [2.24, 2.45) is 0 Å². The van der Waals surface area contributed by atoms with Crippen LogP contribution in [0.5, 0.6) is 0 Å². The number of thiocarbonyl (C=S) groups is 1. The zero-order valence-corrected chi connectivity index (χ0v) is 15.4. The molecule has 2 atom stereocenters. The largest absolute Gasteiger partial charge is 0.352 e. The summed E-state index contributed by atoms with van der Waals surface area (Å²) in [4.78, 5) is 11.1. The highest BCUT2D eigenvalue weighted by Gasteiger charge is 2.40. The molecule has 6 heteroatoms. The van der Waals surface area contributed by atoms with Crippen LogP contribution < -0.4 is 5.32 Å². The van der Waals surface area contributed by atoms with E-state index in [4.69, 9.17) is 12.2 Å². The van der Waals surface area contributed by atoms with E-state index in [0.29, 0.717) is 0 Å². The van der Waals surface area contributed by atoms with Crippen molar-refractivity contribution in [3.05, 3.63) is 78.6 Å². The van der Waals surface area contributed by atoms with E-state index in [1.165, 1.54) is 5.69 Å². The van der Waals surface area contributed by atoms with Crippen LogP contribution in [-0.4, -0.2) is 31.1 Å². The number of nitrogens with zero attached hydrogens (tertiary/aromatic N) is 4. The average Bonchev–Trinajstić information content (AvgIpc) is 3.28. The van der Waals surface area contributed by atoms with Gasteiger partial charge in [-0.3, -0.25) is 9.97 Å². The molecule has 0 spiro atoms. The summed E-state index contributed by atoms with van der Waals surface area (Å²) in [5, 5.41) is 4.27. The maximum Gasteiger partial charge on any atom is 0.170 e. The first-order valence-corrected chi connectivity index (χ1v) is 9.26. The Hall–Kier alpha value is -2.73. The first kappa shape index (κ1) is 16.7. The molecule has 0 aliphatic carbocycles. The molecule has 3 aromatic rings. The van der Waals surface area contributed by atoms with Crippen molar-refractivity contribution in [2.45, 2.75) is 25.4 Å². The van der Waals surface area contributed by atoms with Gasteiger partial charge in [-0.05, 0) is 55.0 Å². The van der Waals surface area contributed by atoms with E-state index in [1.54, 1.807) is 6.20 Å². The summed E-state index contributed by atoms with van der Waals surface area (Å²) in [6.07, 6.45) is 8.61. The van der Waals surface area contributed by atoms with Crippen LogP contribution in [0.25, 0.3) is 5.69 Å². The minimum absolute atomic E-state index is 0.0144. The van der Waals surface area contributed by atoms with Gasteiger partial charge in [0, 0.05) is 30.8 Å². The maximum atomic E-state index is 5.66. The van der Waals surface area contributed by atoms with Gasteiger partial charge in [0.2, 0.25) is 0 Å². The zero-order chi connectivity index (χ0) is 17.9. The van der Waals surface area contributed by atoms with Crippen LogP contribution in [0, 0.1) is 0 Å². The second kappa shape index (κ2) is 7.25. The third kappa shape index (κ3) is 2.97. The molecule has 4 heterocycles. The highest BCUT2D eigenvalue weighted by atomic mass is 32.1. The average molecular weight is 363 g/mol. The number of nitrogens with one attached hydrogen (secondary N) is 1. The van der Waals surface area contributed by atoms with Gasteiger partial charge in [-0.15, -0.1) is 0 Å². The number of hydrogen-bond donors (Lipinski definition) is 1. The molecule has 5 nitrogen and oxygen atoms in total. The lowest BCUT2D eigenvalue weighted by molar-refractivity contribution is 0.309. The lowest BCUT2D eigenvalue weighted by Gasteiger charge is -2.28. The van der Waals surface area contributed by atoms with Gasteiger partial charge in [0.15, 0.2) is 5.11 Å². The minimum Gasteiger partial charge on any atom is -0.352 e. The van der Waals surface area contributed by atoms with E-state index in [1.807, 2.05) is 30.6 Å². The van der Waals surface area contributed by atoms with Crippen LogP contribution in [0.1, 0.15) is 36.8 Å². The summed E-state index contributed by atoms with van der Waals surface area (Å²) in [7, 11) is 0. The quantitative estimate of drug-likeness (QED) is 0.701. The van der Waals surface area contributed by atoms with Gasteiger partial charge < -0.3 is 14.8 Å². The van der Waals surface area contributed by atoms with Crippen LogP contribution in [0.15, 0.2) is 67.3 Å². The molecule has 0 unspecified atom stereocenters. The maximum absolute atomic E-state index is 5.66. The molecule has 132 valence electrons. The van der Waals surface area contributed by atoms with Crippen LogP contribution in [-0.2, 0) is 0 Å². The normalized spacial score (nSPS) is 19.6. The molecule has 0 radical (unpaired) electrons. The smallest absolute Gasteiger partial charge is 0.170 e. The second-order valence-corrected chi connectivity index (χ2v) is 6.72. The summed E-state index contributed by atoms with van der Waals surface area (Å²) in [6.45, 7) is 3.08. The molecule has 1 fully saturated rings. The van der Waals surface area contributed by atoms with Crippen molar-refractivity contribution in [3.63, 3.8) is 0 Å². The predicted molar refractivity (Wildman–Crippen MR) is 106 cm³/mol. The third-order valence-corrected chi connectivity index (χ3v) is 5.02. The molecule has 1 N–H and O–H groups in total. The zero-order valence-electron chi connectivity index (χ0n) is 14.6. The first-order valence-electron chi connectivity index (χ1n) is 8.85. The monoisotopic (exact) mass is 363 g/mol. The third-order valence-electron chi connectivity index (χ3n) is 4.67. The fourth-order valence-corrected chi connectivity index (χ4v) is 3.91. The Morgan fingerprint density at radius 1 is 1.12 bits per heavy atom. The van der Waals surface area contributed by atoms with Crippen molar-refractivity contribution in [1.82, 2.24) is 24.8 Å². The minimum atomic E-state index is 0.0144. The summed E-state index contributed by atoms with van der Waals surface area (Å²) in [5.74, 6) is 0. The van der Waals surface area contributed by atoms with E-state index in [9.17, 15) is 0 Å². The van der Waals surface area contributed by atoms with Crippen molar-refractivity contribution < 1.29 is 0 Å². The van der Waals surface area contributed by atoms with Gasteiger partial charge in [0.1, 0.15) is 0 Å². The summed E-state index contributed by atoms with van der Waals surface area (Å²) < 4.78 is 2.19. The molecular weight excluding hydrogens is 342 g/mol. The highest BCUT2D eigenvalue weighted by molar-refractivity contribution is 7.80. The molecular formula is C20H21N5S. The number of pyridine rings is 2. The van der Waals surface area contributed by atoms with Crippen LogP contribution in [0.3, 0.4) is 0 Å². The molecule has 3 aromatic heterocycles. The van der Waals surface area contributed by atoms with E-state index < -0.39 is 0 Å². The molecule has 0 bridgehead atoms. The number of aromatic nitrogens is 3. The van der Waals surface area contributed by atoms with Crippen molar-refractivity contribution >= 4 is 17.3 Å². The van der Waals surface area contributed by atoms with Gasteiger partial charge in [-0.1, -0.05) is 13.0 Å². The Kier molecular flexibility index (Phi) is 4.67. The molecule has 0 saturated carbocycles.